The van der Waals surface area contributed by atoms with Crippen LogP contribution in [0.15, 0.2) is 27.9 Å². The van der Waals surface area contributed by atoms with E-state index in [0.29, 0.717) is 13.1 Å². The summed E-state index contributed by atoms with van der Waals surface area (Å²) in [6, 6.07) is 1.90. The molecule has 8 heteroatoms. The average molecular weight is 314 g/mol. The van der Waals surface area contributed by atoms with Crippen molar-refractivity contribution in [3.8, 4) is 0 Å². The molecule has 0 spiro atoms. The first-order chi connectivity index (χ1) is 9.45. The number of aromatic nitrogens is 2. The van der Waals surface area contributed by atoms with Gasteiger partial charge in [-0.2, -0.15) is 20.7 Å². The van der Waals surface area contributed by atoms with Crippen LogP contribution in [0.2, 0.25) is 0 Å². The monoisotopic (exact) mass is 314 g/mol. The molecule has 0 aliphatic carbocycles. The van der Waals surface area contributed by atoms with Gasteiger partial charge in [0.15, 0.2) is 5.82 Å². The molecule has 0 fully saturated rings. The lowest BCUT2D eigenvalue weighted by Gasteiger charge is -2.15. The van der Waals surface area contributed by atoms with Crippen molar-refractivity contribution in [3.05, 3.63) is 28.6 Å². The molecule has 0 aliphatic heterocycles. The Hall–Kier alpha value is -1.38. The van der Waals surface area contributed by atoms with Gasteiger partial charge in [-0.3, -0.25) is 4.68 Å². The number of thiophene rings is 1. The lowest BCUT2D eigenvalue weighted by atomic mass is 10.3. The number of aryl methyl sites for hydroxylation is 1. The van der Waals surface area contributed by atoms with E-state index in [0.717, 1.165) is 12.0 Å². The Balaban J connectivity index is 2.25. The van der Waals surface area contributed by atoms with Crippen molar-refractivity contribution in [2.75, 3.05) is 12.8 Å². The molecule has 0 bridgehead atoms. The van der Waals surface area contributed by atoms with Crippen LogP contribution in [0, 0.1) is 0 Å². The SMILES string of the molecule is CCCn1cc(S(=O)(=O)N(C)Cc2ccsc2)c(N)n1. The van der Waals surface area contributed by atoms with Gasteiger partial charge < -0.3 is 5.73 Å². The maximum absolute atomic E-state index is 12.5. The second kappa shape index (κ2) is 5.94. The number of nitrogens with two attached hydrogens (primary N) is 1. The predicted molar refractivity (Wildman–Crippen MR) is 79.9 cm³/mol. The maximum atomic E-state index is 12.5. The van der Waals surface area contributed by atoms with Gasteiger partial charge in [0, 0.05) is 26.3 Å². The van der Waals surface area contributed by atoms with Crippen molar-refractivity contribution in [2.45, 2.75) is 31.3 Å². The van der Waals surface area contributed by atoms with Gasteiger partial charge in [0.25, 0.3) is 0 Å². The molecule has 0 aromatic carbocycles. The third kappa shape index (κ3) is 3.02. The average Bonchev–Trinajstić information content (AvgIpc) is 2.99. The van der Waals surface area contributed by atoms with Crippen LogP contribution in [0.4, 0.5) is 5.82 Å². The number of nitrogens with zero attached hydrogens (tertiary/aromatic N) is 3. The van der Waals surface area contributed by atoms with Crippen molar-refractivity contribution in [2.24, 2.45) is 0 Å². The quantitative estimate of drug-likeness (QED) is 0.881. The van der Waals surface area contributed by atoms with Crippen LogP contribution >= 0.6 is 11.3 Å². The molecule has 0 amide bonds. The Morgan fingerprint density at radius 2 is 2.25 bits per heavy atom. The largest absolute Gasteiger partial charge is 0.381 e. The molecule has 2 N–H and O–H groups in total. The highest BCUT2D eigenvalue weighted by atomic mass is 32.2. The Morgan fingerprint density at radius 1 is 1.50 bits per heavy atom. The zero-order valence-corrected chi connectivity index (χ0v) is 13.1. The summed E-state index contributed by atoms with van der Waals surface area (Å²) < 4.78 is 27.8. The standard InChI is InChI=1S/C12H18N4O2S2/c1-3-5-16-8-11(12(13)14-16)20(17,18)15(2)7-10-4-6-19-9-10/h4,6,8-9H,3,5,7H2,1-2H3,(H2,13,14). The minimum atomic E-state index is -3.61. The predicted octanol–water partition coefficient (Wildman–Crippen LogP) is 1.76. The van der Waals surface area contributed by atoms with E-state index in [-0.39, 0.29) is 10.7 Å². The van der Waals surface area contributed by atoms with Gasteiger partial charge in [-0.05, 0) is 28.8 Å². The van der Waals surface area contributed by atoms with E-state index >= 15 is 0 Å². The molecule has 0 atom stereocenters. The smallest absolute Gasteiger partial charge is 0.248 e. The van der Waals surface area contributed by atoms with E-state index in [2.05, 4.69) is 5.10 Å². The highest BCUT2D eigenvalue weighted by Gasteiger charge is 2.26. The van der Waals surface area contributed by atoms with E-state index < -0.39 is 10.0 Å². The Morgan fingerprint density at radius 3 is 2.85 bits per heavy atom. The number of hydrogen-bond donors (Lipinski definition) is 1. The van der Waals surface area contributed by atoms with Crippen LogP contribution in [0.25, 0.3) is 0 Å². The van der Waals surface area contributed by atoms with Gasteiger partial charge in [0.1, 0.15) is 4.90 Å². The summed E-state index contributed by atoms with van der Waals surface area (Å²) in [6.07, 6.45) is 2.36. The molecule has 0 radical (unpaired) electrons. The topological polar surface area (TPSA) is 81.2 Å². The molecular weight excluding hydrogens is 296 g/mol. The summed E-state index contributed by atoms with van der Waals surface area (Å²) in [6.45, 7) is 2.97. The van der Waals surface area contributed by atoms with Gasteiger partial charge in [-0.15, -0.1) is 0 Å². The normalized spacial score (nSPS) is 12.2. The van der Waals surface area contributed by atoms with E-state index in [1.807, 2.05) is 23.8 Å². The summed E-state index contributed by atoms with van der Waals surface area (Å²) in [5, 5.41) is 7.88. The summed E-state index contributed by atoms with van der Waals surface area (Å²) in [7, 11) is -2.07. The van der Waals surface area contributed by atoms with Crippen molar-refractivity contribution in [1.82, 2.24) is 14.1 Å². The number of nitrogen functional groups attached to an aromatic ring is 1. The third-order valence-corrected chi connectivity index (χ3v) is 5.43. The van der Waals surface area contributed by atoms with E-state index in [1.165, 1.54) is 21.8 Å². The molecule has 20 heavy (non-hydrogen) atoms. The fraction of sp³-hybridized carbons (Fsp3) is 0.417. The summed E-state index contributed by atoms with van der Waals surface area (Å²) in [5.74, 6) is 0.0515. The van der Waals surface area contributed by atoms with Crippen LogP contribution in [0.1, 0.15) is 18.9 Å². The lowest BCUT2D eigenvalue weighted by molar-refractivity contribution is 0.467. The van der Waals surface area contributed by atoms with E-state index in [4.69, 9.17) is 5.73 Å². The molecule has 2 heterocycles. The highest BCUT2D eigenvalue weighted by molar-refractivity contribution is 7.89. The zero-order valence-electron chi connectivity index (χ0n) is 11.5. The Bertz CT molecular complexity index is 662. The molecule has 6 nitrogen and oxygen atoms in total. The second-order valence-electron chi connectivity index (χ2n) is 4.53. The molecular formula is C12H18N4O2S2. The minimum absolute atomic E-state index is 0.0515. The molecule has 2 aromatic heterocycles. The maximum Gasteiger partial charge on any atom is 0.248 e. The first-order valence-electron chi connectivity index (χ1n) is 6.25. The Labute approximate surface area is 122 Å². The van der Waals surface area contributed by atoms with E-state index in [1.54, 1.807) is 11.7 Å². The van der Waals surface area contributed by atoms with Gasteiger partial charge in [0.2, 0.25) is 10.0 Å². The van der Waals surface area contributed by atoms with Crippen LogP contribution in [-0.2, 0) is 23.1 Å². The number of hydrogen-bond acceptors (Lipinski definition) is 5. The second-order valence-corrected chi connectivity index (χ2v) is 7.33. The highest BCUT2D eigenvalue weighted by Crippen LogP contribution is 2.22. The molecule has 0 saturated heterocycles. The summed E-state index contributed by atoms with van der Waals surface area (Å²) in [5.41, 5.74) is 6.69. The van der Waals surface area contributed by atoms with Gasteiger partial charge in [-0.25, -0.2) is 8.42 Å². The van der Waals surface area contributed by atoms with Gasteiger partial charge in [0.05, 0.1) is 0 Å². The summed E-state index contributed by atoms with van der Waals surface area (Å²) >= 11 is 1.54. The number of anilines is 1. The zero-order chi connectivity index (χ0) is 14.8. The lowest BCUT2D eigenvalue weighted by Crippen LogP contribution is -2.26. The molecule has 2 rings (SSSR count). The van der Waals surface area contributed by atoms with Crippen LogP contribution in [0.5, 0.6) is 0 Å². The van der Waals surface area contributed by atoms with Crippen molar-refractivity contribution in [3.63, 3.8) is 0 Å². The van der Waals surface area contributed by atoms with Crippen molar-refractivity contribution in [1.29, 1.82) is 0 Å². The van der Waals surface area contributed by atoms with Crippen LogP contribution in [0.3, 0.4) is 0 Å². The first-order valence-corrected chi connectivity index (χ1v) is 8.63. The Kier molecular flexibility index (Phi) is 4.46. The van der Waals surface area contributed by atoms with Crippen molar-refractivity contribution < 1.29 is 8.42 Å². The minimum Gasteiger partial charge on any atom is -0.381 e. The number of rotatable bonds is 6. The molecule has 0 unspecified atom stereocenters. The molecule has 0 saturated carbocycles. The third-order valence-electron chi connectivity index (χ3n) is 2.88. The fourth-order valence-corrected chi connectivity index (χ4v) is 3.73. The summed E-state index contributed by atoms with van der Waals surface area (Å²) in [4.78, 5) is 0.0729. The molecule has 2 aromatic rings. The van der Waals surface area contributed by atoms with Gasteiger partial charge >= 0.3 is 0 Å². The first kappa shape index (κ1) is 15.0. The van der Waals surface area contributed by atoms with Gasteiger partial charge in [-0.1, -0.05) is 6.92 Å². The molecule has 0 aliphatic rings. The van der Waals surface area contributed by atoms with Crippen LogP contribution < -0.4 is 5.73 Å². The molecule has 110 valence electrons. The fourth-order valence-electron chi connectivity index (χ4n) is 1.85. The number of sulfonamides is 1. The van der Waals surface area contributed by atoms with E-state index in [9.17, 15) is 8.42 Å². The van der Waals surface area contributed by atoms with Crippen molar-refractivity contribution >= 4 is 27.2 Å². The van der Waals surface area contributed by atoms with Crippen LogP contribution in [-0.4, -0.2) is 29.6 Å².